The first-order chi connectivity index (χ1) is 22.4. The van der Waals surface area contributed by atoms with Crippen LogP contribution in [0.4, 0.5) is 30.7 Å². The molecule has 3 aliphatic carbocycles. The third-order valence-electron chi connectivity index (χ3n) is 11.2. The summed E-state index contributed by atoms with van der Waals surface area (Å²) in [5.74, 6) is -1.24. The van der Waals surface area contributed by atoms with Gasteiger partial charge in [-0.05, 0) is 136 Å². The first-order valence-electron chi connectivity index (χ1n) is 17.8. The molecule has 3 aliphatic rings. The summed E-state index contributed by atoms with van der Waals surface area (Å²) in [4.78, 5) is 0. The van der Waals surface area contributed by atoms with Crippen molar-refractivity contribution in [1.82, 2.24) is 0 Å². The Hall–Kier alpha value is -2.45. The number of hydrogen-bond donors (Lipinski definition) is 0. The molecule has 0 bridgehead atoms. The second kappa shape index (κ2) is 15.8. The molecule has 262 valence electrons. The van der Waals surface area contributed by atoms with Crippen molar-refractivity contribution < 1.29 is 40.2 Å². The summed E-state index contributed by atoms with van der Waals surface area (Å²) in [5.41, 5.74) is 1.96. The molecule has 0 spiro atoms. The van der Waals surface area contributed by atoms with Gasteiger partial charge in [-0.25, -0.2) is 8.78 Å². The van der Waals surface area contributed by atoms with E-state index in [2.05, 4.69) is 17.7 Å². The predicted octanol–water partition coefficient (Wildman–Crippen LogP) is 12.5. The number of halogens is 7. The van der Waals surface area contributed by atoms with Gasteiger partial charge in [-0.15, -0.1) is 0 Å². The van der Waals surface area contributed by atoms with Gasteiger partial charge in [-0.3, -0.25) is 0 Å². The molecule has 9 heteroatoms. The quantitative estimate of drug-likeness (QED) is 0.165. The molecule has 0 radical (unpaired) electrons. The number of benzene rings is 2. The van der Waals surface area contributed by atoms with Crippen LogP contribution in [0.5, 0.6) is 11.5 Å². The fourth-order valence-corrected chi connectivity index (χ4v) is 8.49. The average Bonchev–Trinajstić information content (AvgIpc) is 3.04. The predicted molar refractivity (Wildman–Crippen MR) is 169 cm³/mol. The molecular formula is C38H49F7O2. The van der Waals surface area contributed by atoms with Crippen molar-refractivity contribution >= 4 is 0 Å². The Morgan fingerprint density at radius 1 is 0.681 bits per heavy atom. The van der Waals surface area contributed by atoms with E-state index in [-0.39, 0.29) is 24.6 Å². The van der Waals surface area contributed by atoms with E-state index in [4.69, 9.17) is 4.74 Å². The highest BCUT2D eigenvalue weighted by Crippen LogP contribution is 2.48. The largest absolute Gasteiger partial charge is 0.481 e. The van der Waals surface area contributed by atoms with Gasteiger partial charge in [0.2, 0.25) is 0 Å². The Morgan fingerprint density at radius 3 is 1.91 bits per heavy atom. The molecule has 0 heterocycles. The van der Waals surface area contributed by atoms with Crippen LogP contribution in [0.1, 0.15) is 133 Å². The maximum absolute atomic E-state index is 15.4. The Kier molecular flexibility index (Phi) is 12.1. The maximum atomic E-state index is 15.4. The first kappa shape index (κ1) is 35.8. The molecule has 0 unspecified atom stereocenters. The van der Waals surface area contributed by atoms with E-state index in [1.807, 2.05) is 6.07 Å². The number of alkyl halides is 5. The van der Waals surface area contributed by atoms with Gasteiger partial charge in [0.15, 0.2) is 18.2 Å². The maximum Gasteiger partial charge on any atom is 0.422 e. The summed E-state index contributed by atoms with van der Waals surface area (Å²) >= 11 is 0. The Balaban J connectivity index is 1.06. The summed E-state index contributed by atoms with van der Waals surface area (Å²) in [6.45, 7) is 0.554. The number of ether oxygens (including phenoxy) is 2. The zero-order valence-electron chi connectivity index (χ0n) is 27.4. The van der Waals surface area contributed by atoms with Crippen LogP contribution in [0.25, 0.3) is 0 Å². The molecule has 3 fully saturated rings. The van der Waals surface area contributed by atoms with E-state index in [1.54, 1.807) is 6.07 Å². The Bertz CT molecular complexity index is 1270. The standard InChI is InChI=1S/C38H49F7O2/c1-2-3-4-5-25-6-8-28(9-7-25)30-16-20-33(34(39)22-30)29-12-10-26(11-13-29)27-14-17-31(18-15-27)38(44,45)47-32-19-21-36(35(40)23-32)46-24-37(41,42)43/h16,19-23,25-29,31H,2-15,17-18,24H2,1H3. The molecule has 0 amide bonds. The molecule has 47 heavy (non-hydrogen) atoms. The van der Waals surface area contributed by atoms with Crippen molar-refractivity contribution in [3.05, 3.63) is 59.2 Å². The normalized spacial score (nSPS) is 27.4. The number of rotatable bonds is 12. The third-order valence-corrected chi connectivity index (χ3v) is 11.2. The second-order valence-corrected chi connectivity index (χ2v) is 14.4. The lowest BCUT2D eigenvalue weighted by Crippen LogP contribution is -2.38. The molecule has 2 nitrogen and oxygen atoms in total. The third kappa shape index (κ3) is 9.81. The number of unbranched alkanes of at least 4 members (excludes halogenated alkanes) is 2. The van der Waals surface area contributed by atoms with Gasteiger partial charge in [0.05, 0.1) is 5.92 Å². The molecule has 0 aliphatic heterocycles. The van der Waals surface area contributed by atoms with Crippen molar-refractivity contribution in [3.8, 4) is 11.5 Å². The Morgan fingerprint density at radius 2 is 1.32 bits per heavy atom. The van der Waals surface area contributed by atoms with E-state index >= 15 is 13.2 Å². The van der Waals surface area contributed by atoms with Gasteiger partial charge >= 0.3 is 12.3 Å². The molecule has 0 N–H and O–H groups in total. The van der Waals surface area contributed by atoms with Crippen LogP contribution in [0, 0.1) is 35.3 Å². The summed E-state index contributed by atoms with van der Waals surface area (Å²) in [5, 5.41) is 0. The smallest absolute Gasteiger partial charge is 0.422 e. The number of hydrogen-bond acceptors (Lipinski definition) is 2. The lowest BCUT2D eigenvalue weighted by Gasteiger charge is -2.39. The fraction of sp³-hybridized carbons (Fsp3) is 0.684. The average molecular weight is 671 g/mol. The fourth-order valence-electron chi connectivity index (χ4n) is 8.49. The molecule has 0 aromatic heterocycles. The monoisotopic (exact) mass is 670 g/mol. The van der Waals surface area contributed by atoms with E-state index in [0.717, 1.165) is 67.7 Å². The minimum atomic E-state index is -4.65. The summed E-state index contributed by atoms with van der Waals surface area (Å²) in [6, 6.07) is 8.44. The molecule has 3 saturated carbocycles. The van der Waals surface area contributed by atoms with Crippen LogP contribution >= 0.6 is 0 Å². The minimum Gasteiger partial charge on any atom is -0.481 e. The van der Waals surface area contributed by atoms with E-state index in [9.17, 15) is 17.6 Å². The van der Waals surface area contributed by atoms with Crippen molar-refractivity contribution in [3.63, 3.8) is 0 Å². The van der Waals surface area contributed by atoms with Crippen LogP contribution in [0.15, 0.2) is 36.4 Å². The zero-order valence-corrected chi connectivity index (χ0v) is 27.4. The van der Waals surface area contributed by atoms with Gasteiger partial charge in [0.1, 0.15) is 11.6 Å². The van der Waals surface area contributed by atoms with Crippen LogP contribution in [0.2, 0.25) is 0 Å². The SMILES string of the molecule is CCCCCC1CCC(c2ccc(C3CCC(C4CCC(C(F)(F)Oc5ccc(OCC(F)(F)F)c(F)c5)CC4)CC3)c(F)c2)CC1. The van der Waals surface area contributed by atoms with Gasteiger partial charge in [-0.1, -0.05) is 44.7 Å². The van der Waals surface area contributed by atoms with Crippen molar-refractivity contribution in [2.24, 2.45) is 23.7 Å². The molecule has 5 rings (SSSR count). The van der Waals surface area contributed by atoms with E-state index in [0.29, 0.717) is 36.7 Å². The topological polar surface area (TPSA) is 18.5 Å². The molecule has 0 atom stereocenters. The zero-order chi connectivity index (χ0) is 33.6. The van der Waals surface area contributed by atoms with Gasteiger partial charge in [-0.2, -0.15) is 22.0 Å². The summed E-state index contributed by atoms with van der Waals surface area (Å²) in [6.07, 6.45) is 7.34. The van der Waals surface area contributed by atoms with Gasteiger partial charge < -0.3 is 9.47 Å². The van der Waals surface area contributed by atoms with Gasteiger partial charge in [0.25, 0.3) is 0 Å². The van der Waals surface area contributed by atoms with Crippen molar-refractivity contribution in [2.45, 2.75) is 134 Å². The molecule has 0 saturated heterocycles. The van der Waals surface area contributed by atoms with E-state index < -0.39 is 42.1 Å². The Labute approximate surface area is 274 Å². The van der Waals surface area contributed by atoms with Crippen molar-refractivity contribution in [1.29, 1.82) is 0 Å². The summed E-state index contributed by atoms with van der Waals surface area (Å²) in [7, 11) is 0. The first-order valence-corrected chi connectivity index (χ1v) is 17.8. The summed E-state index contributed by atoms with van der Waals surface area (Å²) < 4.78 is 106. The highest BCUT2D eigenvalue weighted by Gasteiger charge is 2.45. The van der Waals surface area contributed by atoms with Crippen LogP contribution in [-0.4, -0.2) is 18.9 Å². The second-order valence-electron chi connectivity index (χ2n) is 14.4. The van der Waals surface area contributed by atoms with Gasteiger partial charge in [0, 0.05) is 6.07 Å². The molecule has 2 aromatic carbocycles. The highest BCUT2D eigenvalue weighted by atomic mass is 19.4. The minimum absolute atomic E-state index is 0.0814. The van der Waals surface area contributed by atoms with E-state index in [1.165, 1.54) is 38.5 Å². The highest BCUT2D eigenvalue weighted by molar-refractivity contribution is 5.33. The molecule has 2 aromatic rings. The lowest BCUT2D eigenvalue weighted by molar-refractivity contribution is -0.224. The van der Waals surface area contributed by atoms with Crippen molar-refractivity contribution in [2.75, 3.05) is 6.61 Å². The van der Waals surface area contributed by atoms with Crippen LogP contribution in [0.3, 0.4) is 0 Å². The van der Waals surface area contributed by atoms with Crippen LogP contribution < -0.4 is 9.47 Å². The molecular weight excluding hydrogens is 621 g/mol. The van der Waals surface area contributed by atoms with Crippen LogP contribution in [-0.2, 0) is 0 Å². The lowest BCUT2D eigenvalue weighted by atomic mass is 9.68.